The van der Waals surface area contributed by atoms with Gasteiger partial charge in [0.15, 0.2) is 5.69 Å². The predicted octanol–water partition coefficient (Wildman–Crippen LogP) is 1.08. The highest BCUT2D eigenvalue weighted by atomic mass is 16.5. The summed E-state index contributed by atoms with van der Waals surface area (Å²) in [6.45, 7) is 6.23. The third-order valence-electron chi connectivity index (χ3n) is 4.67. The van der Waals surface area contributed by atoms with Crippen molar-refractivity contribution >= 4 is 22.4 Å². The van der Waals surface area contributed by atoms with E-state index in [2.05, 4.69) is 6.07 Å². The van der Waals surface area contributed by atoms with Crippen LogP contribution in [0.25, 0.3) is 16.4 Å². The Morgan fingerprint density at radius 1 is 1.28 bits per heavy atom. The van der Waals surface area contributed by atoms with Gasteiger partial charge in [0.25, 0.3) is 0 Å². The van der Waals surface area contributed by atoms with Gasteiger partial charge in [-0.15, -0.1) is 0 Å². The normalized spacial score (nSPS) is 15.7. The molecule has 3 aromatic rings. The summed E-state index contributed by atoms with van der Waals surface area (Å²) in [5, 5.41) is 2.15. The van der Waals surface area contributed by atoms with Gasteiger partial charge < -0.3 is 14.4 Å². The predicted molar refractivity (Wildman–Crippen MR) is 93.9 cm³/mol. The summed E-state index contributed by atoms with van der Waals surface area (Å²) in [6.07, 6.45) is 1.91. The molecule has 2 aromatic heterocycles. The van der Waals surface area contributed by atoms with Crippen molar-refractivity contribution in [2.24, 2.45) is 0 Å². The van der Waals surface area contributed by atoms with E-state index in [0.29, 0.717) is 18.8 Å². The first-order valence-corrected chi connectivity index (χ1v) is 8.75. The first-order chi connectivity index (χ1) is 12.3. The zero-order valence-corrected chi connectivity index (χ0v) is 14.3. The van der Waals surface area contributed by atoms with Crippen LogP contribution in [0.3, 0.4) is 0 Å². The average molecular weight is 340 g/mol. The number of esters is 1. The van der Waals surface area contributed by atoms with Gasteiger partial charge in [-0.25, -0.2) is 9.78 Å². The van der Waals surface area contributed by atoms with E-state index in [1.807, 2.05) is 41.8 Å². The Hall–Kier alpha value is -2.44. The molecule has 0 radical (unpaired) electrons. The first-order valence-electron chi connectivity index (χ1n) is 8.75. The summed E-state index contributed by atoms with van der Waals surface area (Å²) >= 11 is 0. The lowest BCUT2D eigenvalue weighted by atomic mass is 10.2. The number of benzene rings is 1. The van der Waals surface area contributed by atoms with E-state index >= 15 is 0 Å². The molecule has 3 heterocycles. The van der Waals surface area contributed by atoms with Crippen molar-refractivity contribution in [3.63, 3.8) is 0 Å². The number of morpholine rings is 1. The molecule has 1 saturated heterocycles. The quantitative estimate of drug-likeness (QED) is 0.722. The number of hydrogen-bond donors (Lipinski definition) is 1. The van der Waals surface area contributed by atoms with E-state index in [-0.39, 0.29) is 5.97 Å². The van der Waals surface area contributed by atoms with E-state index in [0.717, 1.165) is 48.4 Å². The summed E-state index contributed by atoms with van der Waals surface area (Å²) in [6, 6.07) is 10.1. The standard InChI is InChI=1S/C19H21N3O3/c1-2-25-19(23)17-16(13-21-9-11-24-12-10-21)20-18-15-6-4-3-5-14(15)7-8-22(17)18/h3-8H,2,9-13H2,1H3/p+1. The second-order valence-electron chi connectivity index (χ2n) is 6.26. The van der Waals surface area contributed by atoms with Gasteiger partial charge in [-0.2, -0.15) is 0 Å². The van der Waals surface area contributed by atoms with Crippen LogP contribution in [0.5, 0.6) is 0 Å². The number of nitrogens with one attached hydrogen (secondary N) is 1. The van der Waals surface area contributed by atoms with E-state index in [1.54, 1.807) is 0 Å². The Labute approximate surface area is 146 Å². The molecule has 0 bridgehead atoms. The Kier molecular flexibility index (Phi) is 4.38. The van der Waals surface area contributed by atoms with Crippen LogP contribution in [-0.2, 0) is 16.0 Å². The molecule has 1 N–H and O–H groups in total. The highest BCUT2D eigenvalue weighted by Crippen LogP contribution is 2.22. The Bertz CT molecular complexity index is 913. The topological polar surface area (TPSA) is 57.3 Å². The monoisotopic (exact) mass is 340 g/mol. The van der Waals surface area contributed by atoms with Gasteiger partial charge in [0.2, 0.25) is 0 Å². The van der Waals surface area contributed by atoms with E-state index in [4.69, 9.17) is 14.5 Å². The lowest BCUT2D eigenvalue weighted by molar-refractivity contribution is -0.921. The molecule has 0 aliphatic carbocycles. The number of carbonyl (C=O) groups is 1. The molecule has 1 aromatic carbocycles. The summed E-state index contributed by atoms with van der Waals surface area (Å²) in [5.74, 6) is -0.312. The number of hydrogen-bond acceptors (Lipinski definition) is 4. The highest BCUT2D eigenvalue weighted by Gasteiger charge is 2.25. The van der Waals surface area contributed by atoms with Crippen molar-refractivity contribution < 1.29 is 19.2 Å². The largest absolute Gasteiger partial charge is 0.461 e. The molecule has 4 rings (SSSR count). The maximum Gasteiger partial charge on any atom is 0.357 e. The van der Waals surface area contributed by atoms with Gasteiger partial charge in [-0.05, 0) is 18.4 Å². The fraction of sp³-hybridized carbons (Fsp3) is 0.368. The maximum absolute atomic E-state index is 12.6. The van der Waals surface area contributed by atoms with Crippen molar-refractivity contribution in [3.05, 3.63) is 47.9 Å². The number of rotatable bonds is 4. The minimum Gasteiger partial charge on any atom is -0.461 e. The Balaban J connectivity index is 1.85. The first kappa shape index (κ1) is 16.1. The van der Waals surface area contributed by atoms with Gasteiger partial charge in [0.05, 0.1) is 19.8 Å². The number of fused-ring (bicyclic) bond motifs is 3. The molecule has 1 aliphatic heterocycles. The van der Waals surface area contributed by atoms with Crippen molar-refractivity contribution in [1.29, 1.82) is 0 Å². The van der Waals surface area contributed by atoms with E-state index in [1.165, 1.54) is 4.90 Å². The molecule has 0 amide bonds. The Morgan fingerprint density at radius 3 is 2.88 bits per heavy atom. The number of imidazole rings is 1. The van der Waals surface area contributed by atoms with Crippen LogP contribution in [0.2, 0.25) is 0 Å². The SMILES string of the molecule is CCOC(=O)c1c(C[NH+]2CCOCC2)nc2c3ccccc3ccn12. The zero-order chi connectivity index (χ0) is 17.2. The molecule has 0 atom stereocenters. The van der Waals surface area contributed by atoms with Gasteiger partial charge in [0.1, 0.15) is 31.0 Å². The van der Waals surface area contributed by atoms with Crippen molar-refractivity contribution in [1.82, 2.24) is 9.38 Å². The summed E-state index contributed by atoms with van der Waals surface area (Å²) in [5.41, 5.74) is 2.15. The van der Waals surface area contributed by atoms with Gasteiger partial charge >= 0.3 is 5.97 Å². The molecule has 25 heavy (non-hydrogen) atoms. The second-order valence-corrected chi connectivity index (χ2v) is 6.26. The molecule has 0 spiro atoms. The van der Waals surface area contributed by atoms with Crippen molar-refractivity contribution in [2.45, 2.75) is 13.5 Å². The molecule has 130 valence electrons. The van der Waals surface area contributed by atoms with Crippen LogP contribution in [0.15, 0.2) is 36.5 Å². The van der Waals surface area contributed by atoms with Gasteiger partial charge in [0, 0.05) is 11.6 Å². The molecule has 0 unspecified atom stereocenters. The van der Waals surface area contributed by atoms with Crippen LogP contribution < -0.4 is 4.90 Å². The van der Waals surface area contributed by atoms with E-state index in [9.17, 15) is 4.79 Å². The summed E-state index contributed by atoms with van der Waals surface area (Å²) in [7, 11) is 0. The second kappa shape index (κ2) is 6.82. The molecule has 6 heteroatoms. The number of ether oxygens (including phenoxy) is 2. The average Bonchev–Trinajstić information content (AvgIpc) is 3.01. The lowest BCUT2D eigenvalue weighted by Gasteiger charge is -2.23. The van der Waals surface area contributed by atoms with E-state index < -0.39 is 0 Å². The fourth-order valence-corrected chi connectivity index (χ4v) is 3.43. The maximum atomic E-state index is 12.6. The zero-order valence-electron chi connectivity index (χ0n) is 14.3. The van der Waals surface area contributed by atoms with Crippen LogP contribution >= 0.6 is 0 Å². The number of pyridine rings is 1. The molecule has 6 nitrogen and oxygen atoms in total. The molecule has 1 aliphatic rings. The van der Waals surface area contributed by atoms with Gasteiger partial charge in [-0.3, -0.25) is 4.40 Å². The van der Waals surface area contributed by atoms with Crippen LogP contribution in [0.4, 0.5) is 0 Å². The third kappa shape index (κ3) is 2.99. The molecule has 0 saturated carbocycles. The molecular weight excluding hydrogens is 318 g/mol. The van der Waals surface area contributed by atoms with Crippen molar-refractivity contribution in [3.8, 4) is 0 Å². The minimum absolute atomic E-state index is 0.312. The highest BCUT2D eigenvalue weighted by molar-refractivity contribution is 5.97. The summed E-state index contributed by atoms with van der Waals surface area (Å²) in [4.78, 5) is 18.8. The smallest absolute Gasteiger partial charge is 0.357 e. The number of quaternary nitrogens is 1. The van der Waals surface area contributed by atoms with Crippen LogP contribution in [-0.4, -0.2) is 48.3 Å². The van der Waals surface area contributed by atoms with Gasteiger partial charge in [-0.1, -0.05) is 24.3 Å². The van der Waals surface area contributed by atoms with Crippen LogP contribution in [0.1, 0.15) is 23.1 Å². The van der Waals surface area contributed by atoms with Crippen molar-refractivity contribution in [2.75, 3.05) is 32.9 Å². The molecule has 1 fully saturated rings. The summed E-state index contributed by atoms with van der Waals surface area (Å²) < 4.78 is 12.6. The minimum atomic E-state index is -0.312. The number of carbonyl (C=O) groups excluding carboxylic acids is 1. The lowest BCUT2D eigenvalue weighted by Crippen LogP contribution is -3.12. The third-order valence-corrected chi connectivity index (χ3v) is 4.67. The van der Waals surface area contributed by atoms with Crippen LogP contribution in [0, 0.1) is 0 Å². The fourth-order valence-electron chi connectivity index (χ4n) is 3.43. The number of aromatic nitrogens is 2. The molecular formula is C19H22N3O3+. The Morgan fingerprint density at radius 2 is 2.08 bits per heavy atom. The number of nitrogens with zero attached hydrogens (tertiary/aromatic N) is 2.